The van der Waals surface area contributed by atoms with Gasteiger partial charge in [-0.05, 0) is 25.1 Å². The molecule has 0 spiro atoms. The van der Waals surface area contributed by atoms with E-state index in [-0.39, 0.29) is 0 Å². The highest BCUT2D eigenvalue weighted by Crippen LogP contribution is 2.20. The van der Waals surface area contributed by atoms with Crippen LogP contribution in [0.2, 0.25) is 0 Å². The highest BCUT2D eigenvalue weighted by Gasteiger charge is 2.16. The van der Waals surface area contributed by atoms with Gasteiger partial charge in [-0.2, -0.15) is 0 Å². The average Bonchev–Trinajstić information content (AvgIpc) is 2.30. The van der Waals surface area contributed by atoms with E-state index in [9.17, 15) is 0 Å². The lowest BCUT2D eigenvalue weighted by Gasteiger charge is -2.34. The van der Waals surface area contributed by atoms with Crippen molar-refractivity contribution in [2.75, 3.05) is 38.1 Å². The first-order chi connectivity index (χ1) is 7.70. The number of rotatable bonds is 2. The third kappa shape index (κ3) is 2.55. The Morgan fingerprint density at radius 3 is 2.56 bits per heavy atom. The second-order valence-electron chi connectivity index (χ2n) is 4.41. The lowest BCUT2D eigenvalue weighted by molar-refractivity contribution is 0.312. The zero-order valence-electron chi connectivity index (χ0n) is 9.91. The third-order valence-electron chi connectivity index (χ3n) is 3.06. The van der Waals surface area contributed by atoms with Crippen LogP contribution in [-0.2, 0) is 5.33 Å². The maximum Gasteiger partial charge on any atom is 0.131 e. The minimum Gasteiger partial charge on any atom is -0.354 e. The summed E-state index contributed by atoms with van der Waals surface area (Å²) in [5, 5.41) is 0.879. The molecule has 2 heterocycles. The molecule has 0 aromatic carbocycles. The van der Waals surface area contributed by atoms with Gasteiger partial charge in [0.25, 0.3) is 0 Å². The molecule has 1 saturated heterocycles. The van der Waals surface area contributed by atoms with Crippen LogP contribution in [0, 0.1) is 6.92 Å². The molecule has 1 fully saturated rings. The second kappa shape index (κ2) is 5.15. The molecule has 0 N–H and O–H groups in total. The molecule has 88 valence electrons. The Labute approximate surface area is 106 Å². The number of likely N-dealkylation sites (N-methyl/N-ethyl adjacent to an activating group) is 1. The molecular formula is C12H18BrN3. The van der Waals surface area contributed by atoms with Crippen molar-refractivity contribution in [3.8, 4) is 0 Å². The summed E-state index contributed by atoms with van der Waals surface area (Å²) in [6.45, 7) is 6.56. The summed E-state index contributed by atoms with van der Waals surface area (Å²) in [6.07, 6.45) is 1.97. The minimum atomic E-state index is 0.879. The number of pyridine rings is 1. The summed E-state index contributed by atoms with van der Waals surface area (Å²) >= 11 is 3.46. The number of piperazine rings is 1. The smallest absolute Gasteiger partial charge is 0.131 e. The van der Waals surface area contributed by atoms with Crippen LogP contribution in [0.15, 0.2) is 12.3 Å². The van der Waals surface area contributed by atoms with Crippen LogP contribution in [0.5, 0.6) is 0 Å². The SMILES string of the molecule is Cc1cc(CBr)cnc1N1CCN(C)CC1. The maximum atomic E-state index is 4.58. The van der Waals surface area contributed by atoms with Gasteiger partial charge in [-0.15, -0.1) is 0 Å². The normalized spacial score (nSPS) is 17.8. The zero-order valence-corrected chi connectivity index (χ0v) is 11.5. The quantitative estimate of drug-likeness (QED) is 0.775. The Kier molecular flexibility index (Phi) is 3.82. The van der Waals surface area contributed by atoms with E-state index in [0.29, 0.717) is 0 Å². The Bertz CT molecular complexity index is 359. The monoisotopic (exact) mass is 283 g/mol. The standard InChI is InChI=1S/C12H18BrN3/c1-10-7-11(8-13)9-14-12(10)16-5-3-15(2)4-6-16/h7,9H,3-6,8H2,1-2H3. The number of hydrogen-bond acceptors (Lipinski definition) is 3. The van der Waals surface area contributed by atoms with E-state index < -0.39 is 0 Å². The molecule has 0 saturated carbocycles. The van der Waals surface area contributed by atoms with Gasteiger partial charge in [-0.1, -0.05) is 22.0 Å². The summed E-state index contributed by atoms with van der Waals surface area (Å²) in [4.78, 5) is 9.32. The Balaban J connectivity index is 2.14. The van der Waals surface area contributed by atoms with E-state index in [1.54, 1.807) is 0 Å². The fourth-order valence-electron chi connectivity index (χ4n) is 2.05. The topological polar surface area (TPSA) is 19.4 Å². The van der Waals surface area contributed by atoms with Gasteiger partial charge in [0.05, 0.1) is 0 Å². The van der Waals surface area contributed by atoms with Gasteiger partial charge >= 0.3 is 0 Å². The van der Waals surface area contributed by atoms with Crippen LogP contribution in [0.25, 0.3) is 0 Å². The predicted molar refractivity (Wildman–Crippen MR) is 71.3 cm³/mol. The number of hydrogen-bond donors (Lipinski definition) is 0. The molecule has 1 aromatic rings. The van der Waals surface area contributed by atoms with Crippen molar-refractivity contribution in [2.45, 2.75) is 12.3 Å². The van der Waals surface area contributed by atoms with Crippen molar-refractivity contribution in [3.05, 3.63) is 23.4 Å². The molecule has 1 aliphatic heterocycles. The van der Waals surface area contributed by atoms with E-state index in [0.717, 1.165) is 37.3 Å². The van der Waals surface area contributed by atoms with Gasteiger partial charge < -0.3 is 9.80 Å². The number of anilines is 1. The molecule has 0 unspecified atom stereocenters. The van der Waals surface area contributed by atoms with Gasteiger partial charge in [-0.3, -0.25) is 0 Å². The zero-order chi connectivity index (χ0) is 11.5. The molecule has 0 aliphatic carbocycles. The van der Waals surface area contributed by atoms with Crippen molar-refractivity contribution < 1.29 is 0 Å². The summed E-state index contributed by atoms with van der Waals surface area (Å²) in [5.41, 5.74) is 2.52. The largest absolute Gasteiger partial charge is 0.354 e. The van der Waals surface area contributed by atoms with Crippen molar-refractivity contribution in [2.24, 2.45) is 0 Å². The first kappa shape index (κ1) is 11.9. The molecule has 0 atom stereocenters. The summed E-state index contributed by atoms with van der Waals surface area (Å²) in [5.74, 6) is 1.15. The van der Waals surface area contributed by atoms with E-state index in [2.05, 4.69) is 50.8 Å². The first-order valence-corrected chi connectivity index (χ1v) is 6.78. The summed E-state index contributed by atoms with van der Waals surface area (Å²) < 4.78 is 0. The fourth-order valence-corrected chi connectivity index (χ4v) is 2.35. The first-order valence-electron chi connectivity index (χ1n) is 5.65. The molecular weight excluding hydrogens is 266 g/mol. The van der Waals surface area contributed by atoms with E-state index in [1.165, 1.54) is 11.1 Å². The van der Waals surface area contributed by atoms with Crippen LogP contribution in [0.3, 0.4) is 0 Å². The average molecular weight is 284 g/mol. The Morgan fingerprint density at radius 1 is 1.31 bits per heavy atom. The molecule has 1 aromatic heterocycles. The van der Waals surface area contributed by atoms with Crippen molar-refractivity contribution >= 4 is 21.7 Å². The highest BCUT2D eigenvalue weighted by atomic mass is 79.9. The molecule has 0 amide bonds. The van der Waals surface area contributed by atoms with E-state index in [4.69, 9.17) is 0 Å². The van der Waals surface area contributed by atoms with E-state index >= 15 is 0 Å². The van der Waals surface area contributed by atoms with Crippen LogP contribution < -0.4 is 4.90 Å². The van der Waals surface area contributed by atoms with Gasteiger partial charge in [0.2, 0.25) is 0 Å². The van der Waals surface area contributed by atoms with Crippen molar-refractivity contribution in [1.29, 1.82) is 0 Å². The Hall–Kier alpha value is -0.610. The van der Waals surface area contributed by atoms with Gasteiger partial charge in [0.1, 0.15) is 5.82 Å². The van der Waals surface area contributed by atoms with Crippen LogP contribution in [0.4, 0.5) is 5.82 Å². The van der Waals surface area contributed by atoms with E-state index in [1.807, 2.05) is 6.20 Å². The van der Waals surface area contributed by atoms with Crippen LogP contribution >= 0.6 is 15.9 Å². The lowest BCUT2D eigenvalue weighted by atomic mass is 10.2. The van der Waals surface area contributed by atoms with Gasteiger partial charge in [-0.25, -0.2) is 4.98 Å². The van der Waals surface area contributed by atoms with Gasteiger partial charge in [0.15, 0.2) is 0 Å². The lowest BCUT2D eigenvalue weighted by Crippen LogP contribution is -2.45. The number of alkyl halides is 1. The summed E-state index contributed by atoms with van der Waals surface area (Å²) in [7, 11) is 2.17. The molecule has 16 heavy (non-hydrogen) atoms. The third-order valence-corrected chi connectivity index (χ3v) is 3.71. The predicted octanol–water partition coefficient (Wildman–Crippen LogP) is 2.04. The molecule has 4 heteroatoms. The molecule has 2 rings (SSSR count). The molecule has 3 nitrogen and oxygen atoms in total. The summed E-state index contributed by atoms with van der Waals surface area (Å²) in [6, 6.07) is 2.22. The second-order valence-corrected chi connectivity index (χ2v) is 4.97. The van der Waals surface area contributed by atoms with Crippen molar-refractivity contribution in [3.63, 3.8) is 0 Å². The molecule has 1 aliphatic rings. The van der Waals surface area contributed by atoms with Gasteiger partial charge in [0, 0.05) is 37.7 Å². The number of aromatic nitrogens is 1. The van der Waals surface area contributed by atoms with Crippen LogP contribution in [0.1, 0.15) is 11.1 Å². The minimum absolute atomic E-state index is 0.879. The van der Waals surface area contributed by atoms with Crippen LogP contribution in [-0.4, -0.2) is 43.1 Å². The highest BCUT2D eigenvalue weighted by molar-refractivity contribution is 9.08. The maximum absolute atomic E-state index is 4.58. The molecule has 0 bridgehead atoms. The fraction of sp³-hybridized carbons (Fsp3) is 0.583. The molecule has 0 radical (unpaired) electrons. The number of halogens is 1. The van der Waals surface area contributed by atoms with Crippen molar-refractivity contribution in [1.82, 2.24) is 9.88 Å². The number of nitrogens with zero attached hydrogens (tertiary/aromatic N) is 3. The Morgan fingerprint density at radius 2 is 2.00 bits per heavy atom. The number of aryl methyl sites for hydroxylation is 1.